The van der Waals surface area contributed by atoms with E-state index in [9.17, 15) is 4.79 Å². The molecule has 0 saturated carbocycles. The van der Waals surface area contributed by atoms with E-state index in [1.54, 1.807) is 0 Å². The number of hydrogen-bond donors (Lipinski definition) is 1. The van der Waals surface area contributed by atoms with Gasteiger partial charge in [-0.2, -0.15) is 0 Å². The molecule has 3 rings (SSSR count). The first kappa shape index (κ1) is 13.6. The molecule has 1 aromatic carbocycles. The molecule has 1 aromatic rings. The highest BCUT2D eigenvalue weighted by Crippen LogP contribution is 2.42. The fourth-order valence-electron chi connectivity index (χ4n) is 3.15. The second-order valence-electron chi connectivity index (χ2n) is 5.67. The summed E-state index contributed by atoms with van der Waals surface area (Å²) in [5.74, 6) is -0.0148. The lowest BCUT2D eigenvalue weighted by atomic mass is 9.84. The minimum Gasteiger partial charge on any atom is -0.461 e. The summed E-state index contributed by atoms with van der Waals surface area (Å²) in [6, 6.07) is 9.46. The largest absolute Gasteiger partial charge is 0.461 e. The van der Waals surface area contributed by atoms with Crippen LogP contribution in [0.1, 0.15) is 18.9 Å². The fraction of sp³-hybridized carbons (Fsp3) is 0.533. The van der Waals surface area contributed by atoms with Gasteiger partial charge in [0.2, 0.25) is 0 Å². The maximum atomic E-state index is 12.0. The van der Waals surface area contributed by atoms with Crippen molar-refractivity contribution in [3.05, 3.63) is 35.9 Å². The van der Waals surface area contributed by atoms with Crippen LogP contribution in [0.5, 0.6) is 0 Å². The van der Waals surface area contributed by atoms with Gasteiger partial charge in [-0.3, -0.25) is 4.79 Å². The van der Waals surface area contributed by atoms with Gasteiger partial charge in [0.25, 0.3) is 0 Å². The van der Waals surface area contributed by atoms with Crippen LogP contribution in [0.15, 0.2) is 30.3 Å². The Balaban J connectivity index is 1.57. The third-order valence-electron chi connectivity index (χ3n) is 4.42. The van der Waals surface area contributed by atoms with Gasteiger partial charge in [0.15, 0.2) is 0 Å². The number of hydrogen-bond acceptors (Lipinski definition) is 4. The molecule has 2 heterocycles. The molecule has 2 radical (unpaired) electrons. The Bertz CT molecular complexity index is 495. The minimum atomic E-state index is -0.502. The van der Waals surface area contributed by atoms with Crippen LogP contribution in [0, 0.1) is 5.92 Å². The smallest absolute Gasteiger partial charge is 0.309 e. The van der Waals surface area contributed by atoms with Gasteiger partial charge < -0.3 is 14.8 Å². The summed E-state index contributed by atoms with van der Waals surface area (Å²) in [5, 5.41) is 3.32. The average molecular weight is 271 g/mol. The summed E-state index contributed by atoms with van der Waals surface area (Å²) < 4.78 is 11.1. The zero-order valence-electron chi connectivity index (χ0n) is 11.5. The molecule has 2 bridgehead atoms. The molecule has 1 N–H and O–H groups in total. The highest BCUT2D eigenvalue weighted by molar-refractivity contribution is 6.12. The van der Waals surface area contributed by atoms with Gasteiger partial charge in [0.1, 0.15) is 14.5 Å². The van der Waals surface area contributed by atoms with E-state index in [-0.39, 0.29) is 30.4 Å². The Hall–Kier alpha value is -1.33. The SMILES string of the molecule is [B][C@@H]1O[C@]2(CC(=O)OCc3ccccc3)CN[C@@H]1C2C. The van der Waals surface area contributed by atoms with Crippen molar-refractivity contribution in [2.24, 2.45) is 5.92 Å². The maximum absolute atomic E-state index is 12.0. The predicted octanol–water partition coefficient (Wildman–Crippen LogP) is 0.991. The molecule has 0 spiro atoms. The van der Waals surface area contributed by atoms with Crippen LogP contribution in [0.2, 0.25) is 0 Å². The Morgan fingerprint density at radius 3 is 2.85 bits per heavy atom. The molecule has 0 aliphatic carbocycles. The standard InChI is InChI=1S/C15H18BNO3/c1-10-13-14(16)20-15(10,9-17-13)7-12(18)19-8-11-5-3-2-4-6-11/h2-6,10,13-14,17H,7-9H2,1H3/t10?,13-,14-,15-/m1/s1. The number of nitrogens with one attached hydrogen (secondary N) is 1. The second kappa shape index (κ2) is 5.22. The lowest BCUT2D eigenvalue weighted by molar-refractivity contribution is -0.153. The zero-order valence-corrected chi connectivity index (χ0v) is 11.5. The highest BCUT2D eigenvalue weighted by Gasteiger charge is 2.56. The van der Waals surface area contributed by atoms with Gasteiger partial charge >= 0.3 is 5.97 Å². The van der Waals surface area contributed by atoms with Crippen LogP contribution in [-0.2, 0) is 20.9 Å². The molecule has 1 unspecified atom stereocenters. The molecule has 4 nitrogen and oxygen atoms in total. The predicted molar refractivity (Wildman–Crippen MR) is 75.2 cm³/mol. The fourth-order valence-corrected chi connectivity index (χ4v) is 3.15. The summed E-state index contributed by atoms with van der Waals surface area (Å²) in [4.78, 5) is 12.0. The van der Waals surface area contributed by atoms with E-state index in [1.165, 1.54) is 0 Å². The van der Waals surface area contributed by atoms with Crippen LogP contribution < -0.4 is 5.32 Å². The molecular weight excluding hydrogens is 253 g/mol. The number of benzene rings is 1. The van der Waals surface area contributed by atoms with Crippen molar-refractivity contribution in [3.63, 3.8) is 0 Å². The first-order valence-corrected chi connectivity index (χ1v) is 6.97. The second-order valence-corrected chi connectivity index (χ2v) is 5.67. The summed E-state index contributed by atoms with van der Waals surface area (Å²) >= 11 is 0. The molecule has 2 aliphatic rings. The lowest BCUT2D eigenvalue weighted by Crippen LogP contribution is -2.46. The van der Waals surface area contributed by atoms with Gasteiger partial charge in [0, 0.05) is 24.5 Å². The molecule has 2 saturated heterocycles. The number of carbonyl (C=O) groups is 1. The van der Waals surface area contributed by atoms with Crippen molar-refractivity contribution in [3.8, 4) is 0 Å². The topological polar surface area (TPSA) is 47.6 Å². The van der Waals surface area contributed by atoms with E-state index >= 15 is 0 Å². The van der Waals surface area contributed by atoms with Crippen LogP contribution in [0.3, 0.4) is 0 Å². The van der Waals surface area contributed by atoms with E-state index in [1.807, 2.05) is 30.3 Å². The van der Waals surface area contributed by atoms with Crippen molar-refractivity contribution in [2.45, 2.75) is 37.6 Å². The third-order valence-corrected chi connectivity index (χ3v) is 4.42. The quantitative estimate of drug-likeness (QED) is 0.655. The van der Waals surface area contributed by atoms with Crippen molar-refractivity contribution >= 4 is 13.8 Å². The molecular formula is C15H18BNO3. The number of rotatable bonds is 4. The van der Waals surface area contributed by atoms with E-state index in [4.69, 9.17) is 17.3 Å². The summed E-state index contributed by atoms with van der Waals surface area (Å²) in [6.07, 6.45) is 0.248. The number of carbonyl (C=O) groups excluding carboxylic acids is 1. The molecule has 20 heavy (non-hydrogen) atoms. The van der Waals surface area contributed by atoms with Crippen LogP contribution in [0.25, 0.3) is 0 Å². The molecule has 2 aliphatic heterocycles. The van der Waals surface area contributed by atoms with E-state index in [2.05, 4.69) is 12.2 Å². The highest BCUT2D eigenvalue weighted by atomic mass is 16.5. The Kier molecular flexibility index (Phi) is 3.56. The van der Waals surface area contributed by atoms with Gasteiger partial charge in [-0.05, 0) is 5.56 Å². The van der Waals surface area contributed by atoms with Crippen LogP contribution >= 0.6 is 0 Å². The van der Waals surface area contributed by atoms with Crippen molar-refractivity contribution < 1.29 is 14.3 Å². The van der Waals surface area contributed by atoms with Gasteiger partial charge in [-0.1, -0.05) is 37.3 Å². The molecule has 5 heteroatoms. The first-order valence-electron chi connectivity index (χ1n) is 6.97. The number of fused-ring (bicyclic) bond motifs is 2. The minimum absolute atomic E-state index is 0.136. The van der Waals surface area contributed by atoms with Crippen LogP contribution in [-0.4, -0.2) is 38.0 Å². The average Bonchev–Trinajstić information content (AvgIpc) is 2.86. The molecule has 104 valence electrons. The molecule has 4 atom stereocenters. The van der Waals surface area contributed by atoms with Crippen molar-refractivity contribution in [2.75, 3.05) is 6.54 Å². The zero-order chi connectivity index (χ0) is 14.2. The number of esters is 1. The van der Waals surface area contributed by atoms with Gasteiger partial charge in [-0.15, -0.1) is 0 Å². The summed E-state index contributed by atoms with van der Waals surface area (Å²) in [6.45, 7) is 3.03. The molecule has 0 amide bonds. The molecule has 2 fully saturated rings. The number of morpholine rings is 1. The van der Waals surface area contributed by atoms with E-state index in [0.29, 0.717) is 13.2 Å². The lowest BCUT2D eigenvalue weighted by Gasteiger charge is -2.30. The normalized spacial score (nSPS) is 35.1. The maximum Gasteiger partial charge on any atom is 0.309 e. The number of ether oxygens (including phenoxy) is 2. The van der Waals surface area contributed by atoms with Gasteiger partial charge in [-0.25, -0.2) is 0 Å². The Labute approximate surface area is 120 Å². The summed E-state index contributed by atoms with van der Waals surface area (Å²) in [5.41, 5.74) is 0.482. The van der Waals surface area contributed by atoms with E-state index in [0.717, 1.165) is 5.56 Å². The third kappa shape index (κ3) is 2.36. The van der Waals surface area contributed by atoms with Crippen LogP contribution in [0.4, 0.5) is 0 Å². The monoisotopic (exact) mass is 271 g/mol. The first-order chi connectivity index (χ1) is 9.61. The van der Waals surface area contributed by atoms with Gasteiger partial charge in [0.05, 0.1) is 12.0 Å². The van der Waals surface area contributed by atoms with Crippen molar-refractivity contribution in [1.82, 2.24) is 5.32 Å². The van der Waals surface area contributed by atoms with E-state index < -0.39 is 5.60 Å². The molecule has 0 aromatic heterocycles. The Morgan fingerprint density at radius 1 is 1.50 bits per heavy atom. The van der Waals surface area contributed by atoms with Crippen molar-refractivity contribution in [1.29, 1.82) is 0 Å². The summed E-state index contributed by atoms with van der Waals surface area (Å²) in [7, 11) is 5.90. The Morgan fingerprint density at radius 2 is 2.25 bits per heavy atom.